The molecule has 0 amide bonds. The van der Waals surface area contributed by atoms with Crippen molar-refractivity contribution in [3.63, 3.8) is 0 Å². The summed E-state index contributed by atoms with van der Waals surface area (Å²) >= 11 is 0. The molecule has 0 aromatic heterocycles. The molecule has 1 fully saturated rings. The van der Waals surface area contributed by atoms with E-state index in [2.05, 4.69) is 19.2 Å². The summed E-state index contributed by atoms with van der Waals surface area (Å²) in [5, 5.41) is 23.0. The fourth-order valence-electron chi connectivity index (χ4n) is 1.78. The van der Waals surface area contributed by atoms with Gasteiger partial charge in [0.25, 0.3) is 0 Å². The van der Waals surface area contributed by atoms with Crippen LogP contribution >= 0.6 is 0 Å². The Hall–Kier alpha value is -0.120. The van der Waals surface area contributed by atoms with Crippen molar-refractivity contribution >= 4 is 0 Å². The summed E-state index contributed by atoms with van der Waals surface area (Å²) in [4.78, 5) is 0. The lowest BCUT2D eigenvalue weighted by Crippen LogP contribution is -2.62. The van der Waals surface area contributed by atoms with Gasteiger partial charge in [-0.05, 0) is 19.3 Å². The van der Waals surface area contributed by atoms with Gasteiger partial charge in [-0.25, -0.2) is 0 Å². The average molecular weight is 215 g/mol. The van der Waals surface area contributed by atoms with Crippen LogP contribution in [0.4, 0.5) is 0 Å². The molecule has 1 aliphatic carbocycles. The van der Waals surface area contributed by atoms with Crippen molar-refractivity contribution in [3.05, 3.63) is 0 Å². The van der Waals surface area contributed by atoms with E-state index in [1.54, 1.807) is 0 Å². The first kappa shape index (κ1) is 12.9. The Morgan fingerprint density at radius 3 is 2.33 bits per heavy atom. The first-order valence-corrected chi connectivity index (χ1v) is 5.81. The Morgan fingerprint density at radius 2 is 2.00 bits per heavy atom. The van der Waals surface area contributed by atoms with Crippen LogP contribution in [-0.2, 0) is 0 Å². The minimum atomic E-state index is -0.670. The fourth-order valence-corrected chi connectivity index (χ4v) is 1.78. The van der Waals surface area contributed by atoms with E-state index in [1.807, 2.05) is 20.8 Å². The van der Waals surface area contributed by atoms with E-state index in [0.29, 0.717) is 12.6 Å². The van der Waals surface area contributed by atoms with Gasteiger partial charge in [0.15, 0.2) is 0 Å². The Morgan fingerprint density at radius 1 is 1.47 bits per heavy atom. The lowest BCUT2D eigenvalue weighted by Gasteiger charge is -2.50. The Bertz CT molecular complexity index is 224. The van der Waals surface area contributed by atoms with Gasteiger partial charge >= 0.3 is 0 Å². The number of rotatable bonds is 4. The molecule has 3 nitrogen and oxygen atoms in total. The second-order valence-electron chi connectivity index (χ2n) is 6.02. The molecule has 0 aromatic carbocycles. The van der Waals surface area contributed by atoms with Crippen LogP contribution < -0.4 is 5.32 Å². The van der Waals surface area contributed by atoms with E-state index in [4.69, 9.17) is 0 Å². The fraction of sp³-hybridized carbons (Fsp3) is 1.00. The second-order valence-corrected chi connectivity index (χ2v) is 6.02. The maximum Gasteiger partial charge on any atom is 0.0766 e. The average Bonchev–Trinajstić information content (AvgIpc) is 2.11. The molecule has 1 aliphatic rings. The van der Waals surface area contributed by atoms with Crippen LogP contribution in [0.25, 0.3) is 0 Å². The highest BCUT2D eigenvalue weighted by Crippen LogP contribution is 2.40. The van der Waals surface area contributed by atoms with Crippen molar-refractivity contribution in [2.75, 3.05) is 6.54 Å². The second kappa shape index (κ2) is 4.04. The maximum atomic E-state index is 10.1. The highest BCUT2D eigenvalue weighted by Gasteiger charge is 2.47. The van der Waals surface area contributed by atoms with Crippen LogP contribution in [0.1, 0.15) is 41.0 Å². The molecular weight excluding hydrogens is 190 g/mol. The summed E-state index contributed by atoms with van der Waals surface area (Å²) in [6, 6.07) is 0.317. The molecule has 3 heteroatoms. The number of hydrogen-bond donors (Lipinski definition) is 3. The van der Waals surface area contributed by atoms with Gasteiger partial charge < -0.3 is 15.5 Å². The van der Waals surface area contributed by atoms with Crippen LogP contribution in [-0.4, -0.2) is 34.5 Å². The Kier molecular flexibility index (Phi) is 3.49. The molecule has 1 rings (SSSR count). The number of aliphatic hydroxyl groups is 2. The topological polar surface area (TPSA) is 52.5 Å². The van der Waals surface area contributed by atoms with Gasteiger partial charge in [-0.15, -0.1) is 0 Å². The number of hydrogen-bond acceptors (Lipinski definition) is 3. The molecule has 0 radical (unpaired) electrons. The summed E-state index contributed by atoms with van der Waals surface area (Å²) in [5.41, 5.74) is -0.732. The molecule has 3 N–H and O–H groups in total. The molecule has 0 bridgehead atoms. The number of nitrogens with one attached hydrogen (secondary N) is 1. The lowest BCUT2D eigenvalue weighted by atomic mass is 9.64. The van der Waals surface area contributed by atoms with Crippen molar-refractivity contribution in [3.8, 4) is 0 Å². The first-order chi connectivity index (χ1) is 6.68. The largest absolute Gasteiger partial charge is 0.392 e. The third kappa shape index (κ3) is 2.52. The highest BCUT2D eigenvalue weighted by molar-refractivity contribution is 5.02. The summed E-state index contributed by atoms with van der Waals surface area (Å²) in [6.45, 7) is 10.6. The van der Waals surface area contributed by atoms with Crippen molar-refractivity contribution in [1.82, 2.24) is 5.32 Å². The summed E-state index contributed by atoms with van der Waals surface area (Å²) in [6.07, 6.45) is 0.584. The van der Waals surface area contributed by atoms with E-state index in [9.17, 15) is 10.2 Å². The predicted octanol–water partition coefficient (Wildman–Crippen LogP) is 1.14. The molecule has 0 aliphatic heterocycles. The van der Waals surface area contributed by atoms with Crippen LogP contribution in [0.2, 0.25) is 0 Å². The van der Waals surface area contributed by atoms with Crippen molar-refractivity contribution in [2.45, 2.75) is 58.8 Å². The third-order valence-corrected chi connectivity index (χ3v) is 4.17. The van der Waals surface area contributed by atoms with Crippen molar-refractivity contribution < 1.29 is 10.2 Å². The van der Waals surface area contributed by atoms with E-state index < -0.39 is 5.60 Å². The zero-order valence-electron chi connectivity index (χ0n) is 10.5. The van der Waals surface area contributed by atoms with Crippen molar-refractivity contribution in [2.24, 2.45) is 11.3 Å². The van der Waals surface area contributed by atoms with Gasteiger partial charge in [-0.1, -0.05) is 27.7 Å². The van der Waals surface area contributed by atoms with Gasteiger partial charge in [0.1, 0.15) is 0 Å². The van der Waals surface area contributed by atoms with Gasteiger partial charge in [0, 0.05) is 18.0 Å². The minimum absolute atomic E-state index is 0.0624. The Labute approximate surface area is 92.9 Å². The normalized spacial score (nSPS) is 33.6. The van der Waals surface area contributed by atoms with Crippen LogP contribution in [0, 0.1) is 11.3 Å². The molecule has 0 saturated heterocycles. The van der Waals surface area contributed by atoms with Gasteiger partial charge in [-0.3, -0.25) is 0 Å². The zero-order chi connectivity index (χ0) is 11.9. The summed E-state index contributed by atoms with van der Waals surface area (Å²) < 4.78 is 0. The minimum Gasteiger partial charge on any atom is -0.392 e. The monoisotopic (exact) mass is 215 g/mol. The van der Waals surface area contributed by atoms with Crippen molar-refractivity contribution in [1.29, 1.82) is 0 Å². The summed E-state index contributed by atoms with van der Waals surface area (Å²) in [5.74, 6) is 0.234. The molecular formula is C12H25NO2. The Balaban J connectivity index is 2.40. The van der Waals surface area contributed by atoms with E-state index in [0.717, 1.165) is 6.42 Å². The zero-order valence-corrected chi connectivity index (χ0v) is 10.5. The highest BCUT2D eigenvalue weighted by atomic mass is 16.3. The van der Waals surface area contributed by atoms with E-state index >= 15 is 0 Å². The van der Waals surface area contributed by atoms with Crippen LogP contribution in [0.15, 0.2) is 0 Å². The first-order valence-electron chi connectivity index (χ1n) is 5.81. The predicted molar refractivity (Wildman–Crippen MR) is 61.7 cm³/mol. The molecule has 90 valence electrons. The SMILES string of the molecule is CC(C)C(C)(O)CNC1CC(O)C1(C)C. The van der Waals surface area contributed by atoms with E-state index in [-0.39, 0.29) is 17.4 Å². The number of aliphatic hydroxyl groups excluding tert-OH is 1. The molecule has 1 saturated carbocycles. The smallest absolute Gasteiger partial charge is 0.0766 e. The molecule has 15 heavy (non-hydrogen) atoms. The maximum absolute atomic E-state index is 10.1. The van der Waals surface area contributed by atoms with Gasteiger partial charge in [-0.2, -0.15) is 0 Å². The lowest BCUT2D eigenvalue weighted by molar-refractivity contribution is -0.0823. The van der Waals surface area contributed by atoms with Crippen LogP contribution in [0.5, 0.6) is 0 Å². The van der Waals surface area contributed by atoms with Crippen LogP contribution in [0.3, 0.4) is 0 Å². The quantitative estimate of drug-likeness (QED) is 0.659. The molecule has 0 aromatic rings. The molecule has 3 unspecified atom stereocenters. The molecule has 0 heterocycles. The molecule has 3 atom stereocenters. The standard InChI is InChI=1S/C12H25NO2/c1-8(2)12(5,15)7-13-9-6-10(14)11(9,3)4/h8-10,13-15H,6-7H2,1-5H3. The summed E-state index contributed by atoms with van der Waals surface area (Å²) in [7, 11) is 0. The van der Waals surface area contributed by atoms with E-state index in [1.165, 1.54) is 0 Å². The van der Waals surface area contributed by atoms with Gasteiger partial charge in [0.05, 0.1) is 11.7 Å². The van der Waals surface area contributed by atoms with Gasteiger partial charge in [0.2, 0.25) is 0 Å². The third-order valence-electron chi connectivity index (χ3n) is 4.17. The molecule has 0 spiro atoms.